The number of hydrogen-bond acceptors (Lipinski definition) is 9. The fourth-order valence-electron chi connectivity index (χ4n) is 7.39. The number of rotatable bonds is 14. The molecule has 1 aromatic rings. The minimum absolute atomic E-state index is 0.0186. The summed E-state index contributed by atoms with van der Waals surface area (Å²) in [4.78, 5) is 49.4. The molecule has 11 heteroatoms. The Morgan fingerprint density at radius 1 is 1.00 bits per heavy atom. The lowest BCUT2D eigenvalue weighted by Crippen LogP contribution is -2.59. The van der Waals surface area contributed by atoms with E-state index in [2.05, 4.69) is 15.1 Å². The maximum absolute atomic E-state index is 14.0. The van der Waals surface area contributed by atoms with Crippen molar-refractivity contribution in [1.82, 2.24) is 24.9 Å². The van der Waals surface area contributed by atoms with Gasteiger partial charge < -0.3 is 24.4 Å². The molecule has 0 bridgehead atoms. The number of carbonyl (C=O) groups is 3. The van der Waals surface area contributed by atoms with Gasteiger partial charge in [0.15, 0.2) is 0 Å². The Balaban J connectivity index is 1.45. The molecule has 0 aliphatic carbocycles. The quantitative estimate of drug-likeness (QED) is 0.173. The predicted molar refractivity (Wildman–Crippen MR) is 190 cm³/mol. The molecule has 3 unspecified atom stereocenters. The third-order valence-electron chi connectivity index (χ3n) is 10.5. The summed E-state index contributed by atoms with van der Waals surface area (Å²) in [6.07, 6.45) is 4.88. The lowest BCUT2D eigenvalue weighted by molar-refractivity contribution is -0.159. The molecule has 0 saturated carbocycles. The maximum Gasteiger partial charge on any atom is 0.329 e. The highest BCUT2D eigenvalue weighted by molar-refractivity contribution is 5.96. The van der Waals surface area contributed by atoms with Crippen molar-refractivity contribution in [1.29, 1.82) is 0 Å². The van der Waals surface area contributed by atoms with E-state index in [-0.39, 0.29) is 41.7 Å². The summed E-state index contributed by atoms with van der Waals surface area (Å²) in [5, 5.41) is 14.4. The van der Waals surface area contributed by atoms with Crippen molar-refractivity contribution in [3.8, 4) is 0 Å². The van der Waals surface area contributed by atoms with Gasteiger partial charge in [-0.1, -0.05) is 70.5 Å². The molecule has 49 heavy (non-hydrogen) atoms. The molecular formula is C38H61N5O6. The van der Waals surface area contributed by atoms with Crippen molar-refractivity contribution in [2.45, 2.75) is 103 Å². The van der Waals surface area contributed by atoms with Crippen LogP contribution in [0.1, 0.15) is 78.4 Å². The molecule has 3 aliphatic heterocycles. The topological polar surface area (TPSA) is 115 Å². The molecule has 3 fully saturated rings. The molecular weight excluding hydrogens is 622 g/mol. The minimum Gasteiger partial charge on any atom is -0.455 e. The summed E-state index contributed by atoms with van der Waals surface area (Å²) in [6.45, 7) is 14.6. The number of ether oxygens (including phenoxy) is 2. The Morgan fingerprint density at radius 2 is 1.69 bits per heavy atom. The number of aliphatic hydroxyl groups excluding tert-OH is 1. The van der Waals surface area contributed by atoms with Gasteiger partial charge in [-0.3, -0.25) is 24.7 Å². The Kier molecular flexibility index (Phi) is 14.6. The molecule has 3 heterocycles. The number of carbonyl (C=O) groups excluding carboxylic acids is 3. The van der Waals surface area contributed by atoms with Gasteiger partial charge in [0.25, 0.3) is 0 Å². The first kappa shape index (κ1) is 39.0. The highest BCUT2D eigenvalue weighted by Crippen LogP contribution is 2.27. The van der Waals surface area contributed by atoms with Crippen LogP contribution < -0.4 is 5.32 Å². The molecule has 0 spiro atoms. The Morgan fingerprint density at radius 3 is 2.33 bits per heavy atom. The number of likely N-dealkylation sites (N-methyl/N-ethyl adjacent to an activating group) is 2. The molecule has 3 aliphatic rings. The van der Waals surface area contributed by atoms with Gasteiger partial charge in [-0.2, -0.15) is 0 Å². The van der Waals surface area contributed by atoms with E-state index >= 15 is 0 Å². The molecule has 4 rings (SSSR count). The zero-order chi connectivity index (χ0) is 35.7. The Hall–Kier alpha value is -2.83. The van der Waals surface area contributed by atoms with Crippen molar-refractivity contribution >= 4 is 17.8 Å². The van der Waals surface area contributed by atoms with E-state index in [4.69, 9.17) is 9.47 Å². The first-order valence-corrected chi connectivity index (χ1v) is 18.3. The molecule has 1 aromatic carbocycles. The SMILES string of the molecule is C/C(=C\[C@H](C(C)C)N(C)C(=O)[C@@H](N[C@H](O)C1CCCCN1C)C(C)C)C(=O)N1CCCC1C(=O)OC(CN1CCOCC1)c1ccccc1. The summed E-state index contributed by atoms with van der Waals surface area (Å²) in [6, 6.07) is 8.11. The van der Waals surface area contributed by atoms with E-state index < -0.39 is 24.4 Å². The highest BCUT2D eigenvalue weighted by Gasteiger charge is 2.39. The van der Waals surface area contributed by atoms with E-state index in [1.54, 1.807) is 23.8 Å². The average Bonchev–Trinajstić information content (AvgIpc) is 3.59. The summed E-state index contributed by atoms with van der Waals surface area (Å²) in [7, 11) is 3.79. The second kappa shape index (κ2) is 18.4. The smallest absolute Gasteiger partial charge is 0.329 e. The van der Waals surface area contributed by atoms with Gasteiger partial charge in [0, 0.05) is 44.8 Å². The number of hydrogen-bond donors (Lipinski definition) is 2. The minimum atomic E-state index is -0.825. The van der Waals surface area contributed by atoms with Crippen LogP contribution >= 0.6 is 0 Å². The summed E-state index contributed by atoms with van der Waals surface area (Å²) >= 11 is 0. The van der Waals surface area contributed by atoms with Gasteiger partial charge in [0.2, 0.25) is 11.8 Å². The van der Waals surface area contributed by atoms with E-state index in [9.17, 15) is 19.5 Å². The number of amides is 2. The molecule has 11 nitrogen and oxygen atoms in total. The normalized spacial score (nSPS) is 23.7. The number of aliphatic hydroxyl groups is 1. The van der Waals surface area contributed by atoms with Crippen molar-refractivity contribution in [3.05, 3.63) is 47.5 Å². The Bertz CT molecular complexity index is 1250. The van der Waals surface area contributed by atoms with Crippen LogP contribution in [0.25, 0.3) is 0 Å². The monoisotopic (exact) mass is 683 g/mol. The molecule has 2 N–H and O–H groups in total. The van der Waals surface area contributed by atoms with E-state index in [1.165, 1.54) is 0 Å². The van der Waals surface area contributed by atoms with Crippen molar-refractivity contribution in [2.24, 2.45) is 11.8 Å². The maximum atomic E-state index is 14.0. The summed E-state index contributed by atoms with van der Waals surface area (Å²) in [5.41, 5.74) is 1.41. The van der Waals surface area contributed by atoms with Crippen LogP contribution in [0.2, 0.25) is 0 Å². The van der Waals surface area contributed by atoms with E-state index in [0.717, 1.165) is 44.5 Å². The first-order valence-electron chi connectivity index (χ1n) is 18.3. The van der Waals surface area contributed by atoms with Crippen molar-refractivity contribution < 1.29 is 29.0 Å². The van der Waals surface area contributed by atoms with Crippen LogP contribution in [-0.2, 0) is 23.9 Å². The zero-order valence-corrected chi connectivity index (χ0v) is 30.8. The fraction of sp³-hybridized carbons (Fsp3) is 0.711. The standard InChI is InChI=1S/C38H61N5O6/c1-26(2)32(41(7)37(46)34(27(3)4)39-35(44)30-16-11-12-18-40(30)6)24-28(5)36(45)43-19-13-17-31(43)38(47)49-33(29-14-9-8-10-15-29)25-42-20-22-48-23-21-42/h8-10,14-15,24,26-27,30-35,39,44H,11-13,16-23,25H2,1-7H3/b28-24+/t30?,31?,32-,33?,34+,35-/m1/s1. The second-order valence-electron chi connectivity index (χ2n) is 14.8. The first-order chi connectivity index (χ1) is 23.4. The Labute approximate surface area is 293 Å². The molecule has 6 atom stereocenters. The largest absolute Gasteiger partial charge is 0.455 e. The number of likely N-dealkylation sites (tertiary alicyclic amines) is 2. The van der Waals surface area contributed by atoms with Gasteiger partial charge in [-0.15, -0.1) is 0 Å². The average molecular weight is 684 g/mol. The zero-order valence-electron chi connectivity index (χ0n) is 30.8. The molecule has 0 aromatic heterocycles. The molecule has 2 amide bonds. The fourth-order valence-corrected chi connectivity index (χ4v) is 7.39. The van der Waals surface area contributed by atoms with E-state index in [0.29, 0.717) is 44.7 Å². The third kappa shape index (κ3) is 10.4. The number of morpholine rings is 1. The highest BCUT2D eigenvalue weighted by atomic mass is 16.5. The van der Waals surface area contributed by atoms with Gasteiger partial charge in [0.05, 0.1) is 25.3 Å². The third-order valence-corrected chi connectivity index (χ3v) is 10.5. The lowest BCUT2D eigenvalue weighted by Gasteiger charge is -2.39. The van der Waals surface area contributed by atoms with Gasteiger partial charge in [-0.05, 0) is 63.6 Å². The predicted octanol–water partition coefficient (Wildman–Crippen LogP) is 3.44. The number of nitrogens with zero attached hydrogens (tertiary/aromatic N) is 4. The van der Waals surface area contributed by atoms with Crippen LogP contribution in [0.3, 0.4) is 0 Å². The van der Waals surface area contributed by atoms with Crippen molar-refractivity contribution in [2.75, 3.05) is 60.0 Å². The van der Waals surface area contributed by atoms with Crippen LogP contribution in [0, 0.1) is 11.8 Å². The number of piperidine rings is 1. The number of benzene rings is 1. The summed E-state index contributed by atoms with van der Waals surface area (Å²) < 4.78 is 11.7. The lowest BCUT2D eigenvalue weighted by atomic mass is 9.95. The van der Waals surface area contributed by atoms with Crippen LogP contribution in [0.5, 0.6) is 0 Å². The molecule has 0 radical (unpaired) electrons. The van der Waals surface area contributed by atoms with Crippen LogP contribution in [-0.4, -0.2) is 133 Å². The van der Waals surface area contributed by atoms with E-state index in [1.807, 2.05) is 71.2 Å². The van der Waals surface area contributed by atoms with Gasteiger partial charge in [0.1, 0.15) is 18.4 Å². The van der Waals surface area contributed by atoms with Gasteiger partial charge >= 0.3 is 5.97 Å². The second-order valence-corrected chi connectivity index (χ2v) is 14.8. The van der Waals surface area contributed by atoms with Gasteiger partial charge in [-0.25, -0.2) is 4.79 Å². The van der Waals surface area contributed by atoms with Crippen LogP contribution in [0.15, 0.2) is 42.0 Å². The summed E-state index contributed by atoms with van der Waals surface area (Å²) in [5.74, 6) is -0.772. The molecule has 3 saturated heterocycles. The number of nitrogens with one attached hydrogen (secondary N) is 1. The van der Waals surface area contributed by atoms with Crippen molar-refractivity contribution in [3.63, 3.8) is 0 Å². The molecule has 274 valence electrons. The number of esters is 1. The van der Waals surface area contributed by atoms with Crippen LogP contribution in [0.4, 0.5) is 0 Å².